The minimum Gasteiger partial charge on any atom is -0.423 e. The number of rotatable bonds is 2. The van der Waals surface area contributed by atoms with E-state index in [1.807, 2.05) is 19.9 Å². The molecule has 0 radical (unpaired) electrons. The topological polar surface area (TPSA) is 78.9 Å². The molecule has 0 bridgehead atoms. The smallest absolute Gasteiger partial charge is 0.423 e. The van der Waals surface area contributed by atoms with Crippen LogP contribution in [0.4, 0.5) is 4.39 Å². The van der Waals surface area contributed by atoms with Crippen molar-refractivity contribution in [2.75, 3.05) is 0 Å². The predicted octanol–water partition coefficient (Wildman–Crippen LogP) is 2.25. The highest BCUT2D eigenvalue weighted by molar-refractivity contribution is 6.61. The second-order valence-electron chi connectivity index (χ2n) is 8.29. The summed E-state index contributed by atoms with van der Waals surface area (Å²) in [6.45, 7) is 9.16. The van der Waals surface area contributed by atoms with E-state index in [1.54, 1.807) is 32.9 Å². The van der Waals surface area contributed by atoms with Crippen molar-refractivity contribution in [2.24, 2.45) is 0 Å². The van der Waals surface area contributed by atoms with Crippen LogP contribution < -0.4 is 10.9 Å². The van der Waals surface area contributed by atoms with E-state index in [0.717, 1.165) is 11.1 Å². The first-order valence-electron chi connectivity index (χ1n) is 9.34. The maximum atomic E-state index is 14.8. The molecule has 0 atom stereocenters. The summed E-state index contributed by atoms with van der Waals surface area (Å²) >= 11 is 0. The number of nitrogens with one attached hydrogen (secondary N) is 1. The van der Waals surface area contributed by atoms with Crippen molar-refractivity contribution in [3.8, 4) is 0 Å². The van der Waals surface area contributed by atoms with Gasteiger partial charge in [-0.15, -0.1) is 0 Å². The van der Waals surface area contributed by atoms with E-state index in [0.29, 0.717) is 11.1 Å². The number of carbonyl (C=O) groups excluding carboxylic acids is 2. The van der Waals surface area contributed by atoms with E-state index >= 15 is 0 Å². The minimum absolute atomic E-state index is 0.0411. The SMILES string of the molecule is Cc1cc(C)cc(C(=O)N(NC(=O)c2ccc3c(c2F)B(O)OC3)C(C)(C)C)c1. The Bertz CT molecular complexity index is 967. The van der Waals surface area contributed by atoms with Crippen molar-refractivity contribution in [1.82, 2.24) is 10.4 Å². The lowest BCUT2D eigenvalue weighted by molar-refractivity contribution is 0.0357. The lowest BCUT2D eigenvalue weighted by Crippen LogP contribution is -2.56. The highest BCUT2D eigenvalue weighted by atomic mass is 19.1. The maximum absolute atomic E-state index is 14.8. The molecule has 1 aliphatic rings. The molecule has 1 heterocycles. The summed E-state index contributed by atoms with van der Waals surface area (Å²) < 4.78 is 19.9. The summed E-state index contributed by atoms with van der Waals surface area (Å²) in [5.41, 5.74) is 4.23. The lowest BCUT2D eigenvalue weighted by atomic mass is 9.78. The molecule has 0 fully saturated rings. The molecule has 1 aliphatic heterocycles. The fourth-order valence-electron chi connectivity index (χ4n) is 3.37. The summed E-state index contributed by atoms with van der Waals surface area (Å²) in [7, 11) is -1.41. The number of fused-ring (bicyclic) bond motifs is 1. The average molecular weight is 398 g/mol. The van der Waals surface area contributed by atoms with E-state index in [1.165, 1.54) is 17.1 Å². The molecular weight excluding hydrogens is 374 g/mol. The number of halogens is 1. The summed E-state index contributed by atoms with van der Waals surface area (Å²) in [6, 6.07) is 8.29. The first-order valence-corrected chi connectivity index (χ1v) is 9.34. The van der Waals surface area contributed by atoms with Crippen LogP contribution in [-0.4, -0.2) is 34.5 Å². The van der Waals surface area contributed by atoms with Gasteiger partial charge in [-0.3, -0.25) is 15.0 Å². The summed E-state index contributed by atoms with van der Waals surface area (Å²) in [4.78, 5) is 26.0. The number of benzene rings is 2. The molecule has 2 N–H and O–H groups in total. The molecule has 0 unspecified atom stereocenters. The number of hydrogen-bond acceptors (Lipinski definition) is 4. The van der Waals surface area contributed by atoms with Crippen LogP contribution in [0.5, 0.6) is 0 Å². The van der Waals surface area contributed by atoms with E-state index in [-0.39, 0.29) is 17.6 Å². The molecule has 3 rings (SSSR count). The summed E-state index contributed by atoms with van der Waals surface area (Å²) in [6.07, 6.45) is 0. The Kier molecular flexibility index (Phi) is 5.51. The summed E-state index contributed by atoms with van der Waals surface area (Å²) in [5.74, 6) is -2.03. The third-order valence-corrected chi connectivity index (χ3v) is 4.71. The Morgan fingerprint density at radius 1 is 1.17 bits per heavy atom. The zero-order valence-corrected chi connectivity index (χ0v) is 17.2. The first-order chi connectivity index (χ1) is 13.5. The van der Waals surface area contributed by atoms with Crippen LogP contribution in [-0.2, 0) is 11.3 Å². The molecule has 0 spiro atoms. The Morgan fingerprint density at radius 2 is 1.79 bits per heavy atom. The quantitative estimate of drug-likeness (QED) is 0.601. The first kappa shape index (κ1) is 21.0. The van der Waals surface area contributed by atoms with Crippen LogP contribution in [0, 0.1) is 19.7 Å². The molecular formula is C21H24BFN2O4. The second-order valence-corrected chi connectivity index (χ2v) is 8.29. The normalized spacial score (nSPS) is 13.3. The van der Waals surface area contributed by atoms with E-state index in [4.69, 9.17) is 4.65 Å². The molecule has 8 heteroatoms. The third-order valence-electron chi connectivity index (χ3n) is 4.71. The highest BCUT2D eigenvalue weighted by Gasteiger charge is 2.35. The lowest BCUT2D eigenvalue weighted by Gasteiger charge is -2.35. The van der Waals surface area contributed by atoms with E-state index in [9.17, 15) is 19.0 Å². The molecule has 0 aliphatic carbocycles. The van der Waals surface area contributed by atoms with Gasteiger partial charge in [0.15, 0.2) is 0 Å². The Hall–Kier alpha value is -2.71. The predicted molar refractivity (Wildman–Crippen MR) is 108 cm³/mol. The number of hydrogen-bond donors (Lipinski definition) is 2. The minimum atomic E-state index is -1.41. The third kappa shape index (κ3) is 4.18. The standard InChI is InChI=1S/C21H24BFN2O4/c1-12-8-13(2)10-15(9-12)20(27)25(21(3,4)5)24-19(26)16-7-6-14-11-29-22(28)17(14)18(16)23/h6-10,28H,11H2,1-5H3,(H,24,26). The molecule has 29 heavy (non-hydrogen) atoms. The molecule has 152 valence electrons. The van der Waals surface area contributed by atoms with Crippen LogP contribution in [0.25, 0.3) is 0 Å². The van der Waals surface area contributed by atoms with Gasteiger partial charge in [-0.25, -0.2) is 9.40 Å². The molecule has 6 nitrogen and oxygen atoms in total. The van der Waals surface area contributed by atoms with Crippen molar-refractivity contribution in [3.63, 3.8) is 0 Å². The van der Waals surface area contributed by atoms with Gasteiger partial charge < -0.3 is 9.68 Å². The number of hydrazine groups is 1. The monoisotopic (exact) mass is 398 g/mol. The van der Waals surface area contributed by atoms with Gasteiger partial charge in [0.1, 0.15) is 5.82 Å². The van der Waals surface area contributed by atoms with Crippen molar-refractivity contribution in [1.29, 1.82) is 0 Å². The number of aryl methyl sites for hydroxylation is 2. The Labute approximate surface area is 169 Å². The zero-order valence-electron chi connectivity index (χ0n) is 17.2. The van der Waals surface area contributed by atoms with Gasteiger partial charge >= 0.3 is 7.12 Å². The van der Waals surface area contributed by atoms with Gasteiger partial charge in [-0.05, 0) is 58.4 Å². The Balaban J connectivity index is 1.93. The van der Waals surface area contributed by atoms with Crippen molar-refractivity contribution >= 4 is 24.4 Å². The van der Waals surface area contributed by atoms with Gasteiger partial charge in [0.25, 0.3) is 11.8 Å². The highest BCUT2D eigenvalue weighted by Crippen LogP contribution is 2.20. The second kappa shape index (κ2) is 7.61. The molecule has 0 saturated heterocycles. The van der Waals surface area contributed by atoms with E-state index in [2.05, 4.69) is 5.43 Å². The number of amides is 2. The number of nitrogens with zero attached hydrogens (tertiary/aromatic N) is 1. The van der Waals surface area contributed by atoms with Gasteiger partial charge in [-0.1, -0.05) is 23.3 Å². The van der Waals surface area contributed by atoms with Crippen LogP contribution >= 0.6 is 0 Å². The van der Waals surface area contributed by atoms with Crippen LogP contribution in [0.3, 0.4) is 0 Å². The van der Waals surface area contributed by atoms with E-state index < -0.39 is 30.3 Å². The van der Waals surface area contributed by atoms with Gasteiger partial charge in [-0.2, -0.15) is 0 Å². The molecule has 2 amide bonds. The maximum Gasteiger partial charge on any atom is 0.494 e. The Morgan fingerprint density at radius 3 is 2.38 bits per heavy atom. The molecule has 0 aromatic heterocycles. The molecule has 2 aromatic rings. The largest absolute Gasteiger partial charge is 0.494 e. The molecule has 2 aromatic carbocycles. The van der Waals surface area contributed by atoms with Gasteiger partial charge in [0, 0.05) is 11.0 Å². The zero-order chi connectivity index (χ0) is 21.5. The van der Waals surface area contributed by atoms with Gasteiger partial charge in [0.05, 0.1) is 17.7 Å². The fraction of sp³-hybridized carbons (Fsp3) is 0.333. The molecule has 0 saturated carbocycles. The van der Waals surface area contributed by atoms with Crippen LogP contribution in [0.1, 0.15) is 58.2 Å². The summed E-state index contributed by atoms with van der Waals surface area (Å²) in [5, 5.41) is 11.0. The van der Waals surface area contributed by atoms with Crippen molar-refractivity contribution in [2.45, 2.75) is 46.8 Å². The van der Waals surface area contributed by atoms with Crippen molar-refractivity contribution < 1.29 is 23.7 Å². The van der Waals surface area contributed by atoms with Crippen LogP contribution in [0.2, 0.25) is 0 Å². The fourth-order valence-corrected chi connectivity index (χ4v) is 3.37. The average Bonchev–Trinajstić information content (AvgIpc) is 2.99. The van der Waals surface area contributed by atoms with Crippen LogP contribution in [0.15, 0.2) is 30.3 Å². The number of carbonyl (C=O) groups is 2. The van der Waals surface area contributed by atoms with Gasteiger partial charge in [0.2, 0.25) is 0 Å². The van der Waals surface area contributed by atoms with Crippen molar-refractivity contribution in [3.05, 3.63) is 64.0 Å².